The molecule has 8 nitrogen and oxygen atoms in total. The fraction of sp³-hybridized carbons (Fsp3) is 0.360. The molecule has 0 aliphatic carbocycles. The van der Waals surface area contributed by atoms with Crippen LogP contribution < -0.4 is 5.23 Å². The van der Waals surface area contributed by atoms with Crippen LogP contribution in [-0.4, -0.2) is 50.9 Å². The summed E-state index contributed by atoms with van der Waals surface area (Å²) in [6.07, 6.45) is 3.43. The van der Waals surface area contributed by atoms with Crippen LogP contribution in [0.4, 0.5) is 5.69 Å². The molecular formula is C25H27N4O4-. The fourth-order valence-corrected chi connectivity index (χ4v) is 5.20. The van der Waals surface area contributed by atoms with Crippen LogP contribution in [0.15, 0.2) is 48.5 Å². The summed E-state index contributed by atoms with van der Waals surface area (Å²) in [5.41, 5.74) is 3.78. The predicted octanol–water partition coefficient (Wildman–Crippen LogP) is 3.74. The van der Waals surface area contributed by atoms with Crippen molar-refractivity contribution in [2.75, 3.05) is 18.3 Å². The Bertz CT molecular complexity index is 1190. The van der Waals surface area contributed by atoms with Crippen molar-refractivity contribution >= 4 is 28.4 Å². The van der Waals surface area contributed by atoms with Crippen LogP contribution in [0.1, 0.15) is 49.0 Å². The zero-order chi connectivity index (χ0) is 23.1. The molecule has 2 aliphatic heterocycles. The molecule has 172 valence electrons. The van der Waals surface area contributed by atoms with Gasteiger partial charge in [-0.25, -0.2) is 0 Å². The van der Waals surface area contributed by atoms with E-state index in [2.05, 4.69) is 11.9 Å². The number of H-pyrrole nitrogens is 1. The highest BCUT2D eigenvalue weighted by atomic mass is 16.8. The number of amides is 2. The zero-order valence-electron chi connectivity index (χ0n) is 18.5. The maximum absolute atomic E-state index is 13.5. The normalized spacial score (nSPS) is 20.2. The molecule has 1 saturated heterocycles. The lowest BCUT2D eigenvalue weighted by atomic mass is 9.86. The lowest BCUT2D eigenvalue weighted by Gasteiger charge is -2.47. The first-order chi connectivity index (χ1) is 16.0. The number of fused-ring (bicyclic) bond motifs is 4. The van der Waals surface area contributed by atoms with E-state index in [4.69, 9.17) is 0 Å². The summed E-state index contributed by atoms with van der Waals surface area (Å²) in [7, 11) is 0. The van der Waals surface area contributed by atoms with Gasteiger partial charge in [0.25, 0.3) is 0 Å². The third-order valence-corrected chi connectivity index (χ3v) is 6.80. The molecule has 2 aliphatic rings. The zero-order valence-corrected chi connectivity index (χ0v) is 18.5. The SMILES string of the molecule is CCCCCN1CC(=O)N2C(Cc3c([nH]c4ccccc34)C2c2ccc(N([O-])O)cc2)C1=O. The van der Waals surface area contributed by atoms with Gasteiger partial charge in [0.05, 0.1) is 18.3 Å². The maximum Gasteiger partial charge on any atom is 0.246 e. The highest BCUT2D eigenvalue weighted by Crippen LogP contribution is 2.42. The lowest BCUT2D eigenvalue weighted by Crippen LogP contribution is -2.63. The van der Waals surface area contributed by atoms with E-state index >= 15 is 0 Å². The van der Waals surface area contributed by atoms with Crippen molar-refractivity contribution in [3.63, 3.8) is 0 Å². The molecule has 0 radical (unpaired) electrons. The average Bonchev–Trinajstić information content (AvgIpc) is 3.19. The molecular weight excluding hydrogens is 420 g/mol. The molecule has 2 aromatic carbocycles. The Labute approximate surface area is 191 Å². The summed E-state index contributed by atoms with van der Waals surface area (Å²) in [4.78, 5) is 33.8. The molecule has 1 aromatic heterocycles. The Hall–Kier alpha value is -3.36. The summed E-state index contributed by atoms with van der Waals surface area (Å²) in [5, 5.41) is 21.3. The van der Waals surface area contributed by atoms with Crippen molar-refractivity contribution in [1.82, 2.24) is 14.8 Å². The number of carbonyl (C=O) groups is 2. The van der Waals surface area contributed by atoms with Crippen molar-refractivity contribution in [3.8, 4) is 0 Å². The van der Waals surface area contributed by atoms with Gasteiger partial charge in [-0.3, -0.25) is 14.8 Å². The van der Waals surface area contributed by atoms with Crippen LogP contribution in [0.5, 0.6) is 0 Å². The minimum Gasteiger partial charge on any atom is -0.733 e. The first-order valence-corrected chi connectivity index (χ1v) is 11.4. The van der Waals surface area contributed by atoms with Crippen LogP contribution in [-0.2, 0) is 16.0 Å². The number of nitrogens with zero attached hydrogens (tertiary/aromatic N) is 3. The molecule has 8 heteroatoms. The average molecular weight is 448 g/mol. The summed E-state index contributed by atoms with van der Waals surface area (Å²) < 4.78 is 0. The highest BCUT2D eigenvalue weighted by molar-refractivity contribution is 5.97. The van der Waals surface area contributed by atoms with Crippen LogP contribution in [0, 0.1) is 5.21 Å². The number of hydrogen-bond acceptors (Lipinski definition) is 5. The number of rotatable bonds is 6. The van der Waals surface area contributed by atoms with E-state index in [1.165, 1.54) is 12.1 Å². The van der Waals surface area contributed by atoms with Crippen molar-refractivity contribution in [1.29, 1.82) is 0 Å². The summed E-state index contributed by atoms with van der Waals surface area (Å²) in [6, 6.07) is 13.4. The fourth-order valence-electron chi connectivity index (χ4n) is 5.20. The Balaban J connectivity index is 1.60. The highest BCUT2D eigenvalue weighted by Gasteiger charge is 2.48. The van der Waals surface area contributed by atoms with E-state index in [1.807, 2.05) is 24.3 Å². The molecule has 0 saturated carbocycles. The van der Waals surface area contributed by atoms with Crippen molar-refractivity contribution < 1.29 is 14.8 Å². The monoisotopic (exact) mass is 447 g/mol. The van der Waals surface area contributed by atoms with Gasteiger partial charge < -0.3 is 25.2 Å². The number of carbonyl (C=O) groups excluding carboxylic acids is 2. The minimum atomic E-state index is -0.571. The number of nitrogens with one attached hydrogen (secondary N) is 1. The molecule has 2 atom stereocenters. The number of hydrogen-bond donors (Lipinski definition) is 2. The number of aromatic amines is 1. The van der Waals surface area contributed by atoms with Gasteiger partial charge in [-0.05, 0) is 35.7 Å². The Morgan fingerprint density at radius 2 is 1.88 bits per heavy atom. The van der Waals surface area contributed by atoms with Gasteiger partial charge in [-0.2, -0.15) is 0 Å². The van der Waals surface area contributed by atoms with Crippen LogP contribution in [0.2, 0.25) is 0 Å². The minimum absolute atomic E-state index is 0.00986. The van der Waals surface area contributed by atoms with Crippen molar-refractivity contribution in [2.24, 2.45) is 0 Å². The molecule has 2 unspecified atom stereocenters. The molecule has 33 heavy (non-hydrogen) atoms. The molecule has 1 fully saturated rings. The topological polar surface area (TPSA) is 103 Å². The van der Waals surface area contributed by atoms with Crippen LogP contribution in [0.3, 0.4) is 0 Å². The van der Waals surface area contributed by atoms with Gasteiger partial charge >= 0.3 is 0 Å². The molecule has 0 bridgehead atoms. The Kier molecular flexibility index (Phi) is 5.55. The Morgan fingerprint density at radius 1 is 1.12 bits per heavy atom. The molecule has 5 rings (SSSR count). The van der Waals surface area contributed by atoms with Gasteiger partial charge in [0, 0.05) is 29.6 Å². The largest absolute Gasteiger partial charge is 0.733 e. The van der Waals surface area contributed by atoms with E-state index in [1.54, 1.807) is 21.9 Å². The molecule has 0 spiro atoms. The molecule has 2 amide bonds. The van der Waals surface area contributed by atoms with Gasteiger partial charge in [-0.1, -0.05) is 50.1 Å². The first-order valence-electron chi connectivity index (χ1n) is 11.4. The maximum atomic E-state index is 13.5. The van der Waals surface area contributed by atoms with E-state index in [-0.39, 0.29) is 29.3 Å². The second-order valence-corrected chi connectivity index (χ2v) is 8.82. The van der Waals surface area contributed by atoms with E-state index < -0.39 is 12.1 Å². The third-order valence-electron chi connectivity index (χ3n) is 6.80. The van der Waals surface area contributed by atoms with Crippen LogP contribution in [0.25, 0.3) is 10.9 Å². The number of unbranched alkanes of at least 4 members (excludes halogenated alkanes) is 2. The lowest BCUT2D eigenvalue weighted by molar-refractivity contribution is -0.158. The van der Waals surface area contributed by atoms with Gasteiger partial charge in [0.2, 0.25) is 11.8 Å². The summed E-state index contributed by atoms with van der Waals surface area (Å²) >= 11 is 0. The predicted molar refractivity (Wildman–Crippen MR) is 125 cm³/mol. The standard InChI is InChI=1S/C25H27N4O4/c1-2-3-6-13-27-15-22(30)28-21(25(27)31)14-19-18-7-4-5-8-20(18)26-23(19)24(28)16-9-11-17(12-10-16)29(32)33/h4-5,7-12,21,24,26,32H,2-3,6,13-15H2,1H3/q-1. The summed E-state index contributed by atoms with van der Waals surface area (Å²) in [5.74, 6) is -0.0913. The van der Waals surface area contributed by atoms with Gasteiger partial charge in [-0.15, -0.1) is 0 Å². The number of benzene rings is 2. The van der Waals surface area contributed by atoms with Crippen molar-refractivity contribution in [2.45, 2.75) is 44.7 Å². The number of piperazine rings is 1. The van der Waals surface area contributed by atoms with Crippen LogP contribution >= 0.6 is 0 Å². The smallest absolute Gasteiger partial charge is 0.246 e. The van der Waals surface area contributed by atoms with Crippen molar-refractivity contribution in [3.05, 3.63) is 70.6 Å². The second kappa shape index (κ2) is 8.53. The quantitative estimate of drug-likeness (QED) is 0.443. The molecule has 3 heterocycles. The first kappa shape index (κ1) is 21.5. The van der Waals surface area contributed by atoms with E-state index in [0.717, 1.165) is 47.0 Å². The Morgan fingerprint density at radius 3 is 2.61 bits per heavy atom. The van der Waals surface area contributed by atoms with Gasteiger partial charge in [0.1, 0.15) is 6.04 Å². The van der Waals surface area contributed by atoms with E-state index in [9.17, 15) is 20.0 Å². The molecule has 2 N–H and O–H groups in total. The third kappa shape index (κ3) is 3.65. The summed E-state index contributed by atoms with van der Waals surface area (Å²) in [6.45, 7) is 2.79. The molecule has 3 aromatic rings. The number of para-hydroxylation sites is 1. The van der Waals surface area contributed by atoms with E-state index in [0.29, 0.717) is 13.0 Å². The van der Waals surface area contributed by atoms with Gasteiger partial charge in [0.15, 0.2) is 0 Å². The second-order valence-electron chi connectivity index (χ2n) is 8.82. The number of anilines is 1. The number of aromatic nitrogens is 1.